The molecule has 0 bridgehead atoms. The van der Waals surface area contributed by atoms with E-state index in [-0.39, 0.29) is 35.9 Å². The molecule has 1 aromatic carbocycles. The molecule has 1 saturated heterocycles. The first kappa shape index (κ1) is 23.6. The fourth-order valence-electron chi connectivity index (χ4n) is 4.10. The summed E-state index contributed by atoms with van der Waals surface area (Å²) in [5.41, 5.74) is 1.70. The summed E-state index contributed by atoms with van der Waals surface area (Å²) in [6.45, 7) is 7.13. The topological polar surface area (TPSA) is 120 Å². The third-order valence-electron chi connectivity index (χ3n) is 6.07. The van der Waals surface area contributed by atoms with Gasteiger partial charge in [-0.25, -0.2) is 9.78 Å². The number of nitrogens with one attached hydrogen (secondary N) is 1. The maximum absolute atomic E-state index is 12.8. The highest BCUT2D eigenvalue weighted by molar-refractivity contribution is 5.99. The van der Waals surface area contributed by atoms with Gasteiger partial charge < -0.3 is 14.6 Å². The van der Waals surface area contributed by atoms with Gasteiger partial charge in [0.15, 0.2) is 0 Å². The SMILES string of the molecule is CCOC(=O)c1noc2ncn(CC(=O)NCC3CCN(Cc4ccc(C)cc4)CC3)c(=O)c12. The van der Waals surface area contributed by atoms with Gasteiger partial charge in [0, 0.05) is 13.1 Å². The molecule has 1 aliphatic heterocycles. The highest BCUT2D eigenvalue weighted by Crippen LogP contribution is 2.19. The number of amides is 1. The number of aromatic nitrogens is 3. The Hall–Kier alpha value is -3.53. The Balaban J connectivity index is 1.28. The Bertz CT molecular complexity index is 1210. The molecule has 0 spiro atoms. The number of hydrogen-bond donors (Lipinski definition) is 1. The van der Waals surface area contributed by atoms with Gasteiger partial charge in [-0.15, -0.1) is 0 Å². The lowest BCUT2D eigenvalue weighted by Crippen LogP contribution is -2.40. The number of carbonyl (C=O) groups is 2. The van der Waals surface area contributed by atoms with Crippen LogP contribution < -0.4 is 10.9 Å². The second-order valence-electron chi connectivity index (χ2n) is 8.62. The molecule has 10 heteroatoms. The Morgan fingerprint density at radius 2 is 1.94 bits per heavy atom. The van der Waals surface area contributed by atoms with Gasteiger partial charge in [0.25, 0.3) is 11.3 Å². The number of benzene rings is 1. The normalized spacial score (nSPS) is 14.9. The first-order chi connectivity index (χ1) is 16.4. The second kappa shape index (κ2) is 10.6. The minimum atomic E-state index is -0.768. The summed E-state index contributed by atoms with van der Waals surface area (Å²) in [6, 6.07) is 8.62. The van der Waals surface area contributed by atoms with E-state index in [2.05, 4.69) is 51.5 Å². The molecule has 10 nitrogen and oxygen atoms in total. The van der Waals surface area contributed by atoms with Crippen molar-refractivity contribution < 1.29 is 18.8 Å². The van der Waals surface area contributed by atoms with Crippen molar-refractivity contribution in [3.63, 3.8) is 0 Å². The van der Waals surface area contributed by atoms with Crippen molar-refractivity contribution in [2.75, 3.05) is 26.2 Å². The summed E-state index contributed by atoms with van der Waals surface area (Å²) in [6.07, 6.45) is 3.22. The molecule has 3 aromatic rings. The molecule has 2 aromatic heterocycles. The average molecular weight is 468 g/mol. The van der Waals surface area contributed by atoms with Crippen LogP contribution in [0.4, 0.5) is 0 Å². The highest BCUT2D eigenvalue weighted by Gasteiger charge is 2.23. The van der Waals surface area contributed by atoms with E-state index in [0.29, 0.717) is 12.5 Å². The molecule has 0 aliphatic carbocycles. The van der Waals surface area contributed by atoms with Crippen LogP contribution in [0.15, 0.2) is 39.9 Å². The van der Waals surface area contributed by atoms with E-state index >= 15 is 0 Å². The Morgan fingerprint density at radius 3 is 2.65 bits per heavy atom. The zero-order valence-corrected chi connectivity index (χ0v) is 19.5. The van der Waals surface area contributed by atoms with E-state index in [1.165, 1.54) is 17.5 Å². The number of likely N-dealkylation sites (tertiary alicyclic amines) is 1. The Kier molecular flexibility index (Phi) is 7.36. The smallest absolute Gasteiger partial charge is 0.361 e. The van der Waals surface area contributed by atoms with Gasteiger partial charge in [0.1, 0.15) is 18.3 Å². The summed E-state index contributed by atoms with van der Waals surface area (Å²) >= 11 is 0. The second-order valence-corrected chi connectivity index (χ2v) is 8.62. The number of nitrogens with zero attached hydrogens (tertiary/aromatic N) is 4. The highest BCUT2D eigenvalue weighted by atomic mass is 16.5. The van der Waals surface area contributed by atoms with Crippen molar-refractivity contribution in [1.29, 1.82) is 0 Å². The van der Waals surface area contributed by atoms with Crippen molar-refractivity contribution in [2.45, 2.75) is 39.8 Å². The zero-order chi connectivity index (χ0) is 24.1. The standard InChI is InChI=1S/C24H29N5O5/c1-3-33-24(32)21-20-22(34-27-21)26-15-29(23(20)31)14-19(30)25-12-17-8-10-28(11-9-17)13-18-6-4-16(2)5-7-18/h4-7,15,17H,3,8-14H2,1-2H3,(H,25,30). The largest absolute Gasteiger partial charge is 0.461 e. The molecule has 1 aliphatic rings. The molecular weight excluding hydrogens is 438 g/mol. The van der Waals surface area contributed by atoms with Crippen LogP contribution >= 0.6 is 0 Å². The van der Waals surface area contributed by atoms with Crippen molar-refractivity contribution >= 4 is 23.0 Å². The number of rotatable bonds is 8. The van der Waals surface area contributed by atoms with E-state index in [4.69, 9.17) is 9.26 Å². The summed E-state index contributed by atoms with van der Waals surface area (Å²) in [7, 11) is 0. The fourth-order valence-corrected chi connectivity index (χ4v) is 4.10. The van der Waals surface area contributed by atoms with Crippen LogP contribution in [0.3, 0.4) is 0 Å². The molecule has 1 N–H and O–H groups in total. The van der Waals surface area contributed by atoms with Crippen LogP contribution in [0.1, 0.15) is 41.4 Å². The van der Waals surface area contributed by atoms with Gasteiger partial charge in [-0.2, -0.15) is 0 Å². The van der Waals surface area contributed by atoms with E-state index in [0.717, 1.165) is 37.0 Å². The third kappa shape index (κ3) is 5.51. The predicted octanol–water partition coefficient (Wildman–Crippen LogP) is 1.90. The van der Waals surface area contributed by atoms with Crippen molar-refractivity contribution in [2.24, 2.45) is 5.92 Å². The molecular formula is C24H29N5O5. The van der Waals surface area contributed by atoms with Crippen LogP contribution in [0.5, 0.6) is 0 Å². The lowest BCUT2D eigenvalue weighted by atomic mass is 9.96. The Morgan fingerprint density at radius 1 is 1.21 bits per heavy atom. The minimum Gasteiger partial charge on any atom is -0.461 e. The lowest BCUT2D eigenvalue weighted by Gasteiger charge is -2.32. The van der Waals surface area contributed by atoms with Gasteiger partial charge in [-0.3, -0.25) is 19.1 Å². The molecule has 0 unspecified atom stereocenters. The van der Waals surface area contributed by atoms with Gasteiger partial charge in [-0.05, 0) is 51.3 Å². The maximum atomic E-state index is 12.8. The summed E-state index contributed by atoms with van der Waals surface area (Å²) in [4.78, 5) is 43.7. The molecule has 4 rings (SSSR count). The van der Waals surface area contributed by atoms with Crippen LogP contribution in [0, 0.1) is 12.8 Å². The van der Waals surface area contributed by atoms with Gasteiger partial charge in [0.2, 0.25) is 11.6 Å². The first-order valence-corrected chi connectivity index (χ1v) is 11.5. The van der Waals surface area contributed by atoms with E-state index < -0.39 is 11.5 Å². The number of carbonyl (C=O) groups excluding carboxylic acids is 2. The third-order valence-corrected chi connectivity index (χ3v) is 6.07. The number of fused-ring (bicyclic) bond motifs is 1. The van der Waals surface area contributed by atoms with E-state index in [9.17, 15) is 14.4 Å². The van der Waals surface area contributed by atoms with Crippen molar-refractivity contribution in [3.05, 3.63) is 57.8 Å². The van der Waals surface area contributed by atoms with Crippen LogP contribution in [0.25, 0.3) is 11.1 Å². The number of ether oxygens (including phenoxy) is 1. The van der Waals surface area contributed by atoms with E-state index in [1.54, 1.807) is 6.92 Å². The molecule has 0 saturated carbocycles. The van der Waals surface area contributed by atoms with E-state index in [1.807, 2.05) is 0 Å². The average Bonchev–Trinajstić information content (AvgIpc) is 3.27. The number of aryl methyl sites for hydroxylation is 1. The summed E-state index contributed by atoms with van der Waals surface area (Å²) in [5, 5.41) is 6.43. The van der Waals surface area contributed by atoms with Crippen LogP contribution in [0.2, 0.25) is 0 Å². The summed E-state index contributed by atoms with van der Waals surface area (Å²) < 4.78 is 11.0. The van der Waals surface area contributed by atoms with Crippen molar-refractivity contribution in [1.82, 2.24) is 24.9 Å². The minimum absolute atomic E-state index is 0.0675. The fraction of sp³-hybridized carbons (Fsp3) is 0.458. The first-order valence-electron chi connectivity index (χ1n) is 11.5. The Labute approximate surface area is 196 Å². The molecule has 1 amide bonds. The number of piperidine rings is 1. The zero-order valence-electron chi connectivity index (χ0n) is 19.5. The number of hydrogen-bond acceptors (Lipinski definition) is 8. The molecule has 0 radical (unpaired) electrons. The monoisotopic (exact) mass is 467 g/mol. The van der Waals surface area contributed by atoms with Crippen molar-refractivity contribution in [3.8, 4) is 0 Å². The van der Waals surface area contributed by atoms with Gasteiger partial charge in [-0.1, -0.05) is 35.0 Å². The number of esters is 1. The molecule has 180 valence electrons. The molecule has 3 heterocycles. The molecule has 34 heavy (non-hydrogen) atoms. The molecule has 0 atom stereocenters. The molecule has 1 fully saturated rings. The van der Waals surface area contributed by atoms with Crippen LogP contribution in [-0.2, 0) is 22.6 Å². The van der Waals surface area contributed by atoms with Gasteiger partial charge in [0.05, 0.1) is 6.61 Å². The lowest BCUT2D eigenvalue weighted by molar-refractivity contribution is -0.122. The maximum Gasteiger partial charge on any atom is 0.361 e. The van der Waals surface area contributed by atoms with Crippen LogP contribution in [-0.4, -0.2) is 57.7 Å². The predicted molar refractivity (Wildman–Crippen MR) is 124 cm³/mol. The summed E-state index contributed by atoms with van der Waals surface area (Å²) in [5.74, 6) is -0.667. The van der Waals surface area contributed by atoms with Gasteiger partial charge >= 0.3 is 5.97 Å². The quantitative estimate of drug-likeness (QED) is 0.499.